The number of anilines is 1. The molecule has 8 nitrogen and oxygen atoms in total. The molecule has 2 aromatic carbocycles. The quantitative estimate of drug-likeness (QED) is 0.412. The van der Waals surface area contributed by atoms with Crippen LogP contribution in [0.4, 0.5) is 10.5 Å². The minimum absolute atomic E-state index is 0.00954. The molecule has 2 aromatic rings. The Morgan fingerprint density at radius 3 is 1.97 bits per heavy atom. The van der Waals surface area contributed by atoms with Crippen LogP contribution in [-0.2, 0) is 19.4 Å². The van der Waals surface area contributed by atoms with Crippen LogP contribution in [0.5, 0.6) is 0 Å². The first-order valence-corrected chi connectivity index (χ1v) is 13.6. The number of hydrogen-bond acceptors (Lipinski definition) is 6. The normalized spacial score (nSPS) is 17.7. The van der Waals surface area contributed by atoms with E-state index in [4.69, 9.17) is 0 Å². The van der Waals surface area contributed by atoms with Gasteiger partial charge in [-0.05, 0) is 42.7 Å². The number of sulfone groups is 1. The van der Waals surface area contributed by atoms with E-state index in [1.165, 1.54) is 12.1 Å². The molecule has 0 spiro atoms. The van der Waals surface area contributed by atoms with Gasteiger partial charge >= 0.3 is 6.03 Å². The van der Waals surface area contributed by atoms with Gasteiger partial charge in [0.2, 0.25) is 9.84 Å². The van der Waals surface area contributed by atoms with Crippen LogP contribution in [-0.4, -0.2) is 39.4 Å². The van der Waals surface area contributed by atoms with Gasteiger partial charge in [0.1, 0.15) is 5.57 Å². The summed E-state index contributed by atoms with van der Waals surface area (Å²) in [6.45, 7) is 6.20. The highest BCUT2D eigenvalue weighted by molar-refractivity contribution is 7.96. The third kappa shape index (κ3) is 4.83. The molecule has 0 radical (unpaired) electrons. The first-order valence-electron chi connectivity index (χ1n) is 12.1. The summed E-state index contributed by atoms with van der Waals surface area (Å²) in [5.41, 5.74) is 1.50. The van der Waals surface area contributed by atoms with Crippen molar-refractivity contribution < 1.29 is 22.8 Å². The number of benzene rings is 2. The van der Waals surface area contributed by atoms with Gasteiger partial charge in [0, 0.05) is 29.9 Å². The monoisotopic (exact) mass is 507 g/mol. The molecule has 1 saturated heterocycles. The number of fused-ring (bicyclic) bond motifs is 1. The van der Waals surface area contributed by atoms with Crippen LogP contribution < -0.4 is 15.5 Å². The van der Waals surface area contributed by atoms with E-state index < -0.39 is 33.3 Å². The van der Waals surface area contributed by atoms with Crippen LogP contribution >= 0.6 is 0 Å². The van der Waals surface area contributed by atoms with Crippen molar-refractivity contribution in [2.75, 3.05) is 18.0 Å². The van der Waals surface area contributed by atoms with Crippen LogP contribution in [0.2, 0.25) is 0 Å². The van der Waals surface area contributed by atoms with Crippen molar-refractivity contribution in [1.29, 1.82) is 0 Å². The molecule has 0 aliphatic carbocycles. The molecule has 2 aliphatic rings. The Morgan fingerprint density at radius 1 is 0.806 bits per heavy atom. The summed E-state index contributed by atoms with van der Waals surface area (Å²) < 4.78 is 27.0. The minimum atomic E-state index is -4.01. The fraction of sp³-hybridized carbons (Fsp3) is 0.296. The summed E-state index contributed by atoms with van der Waals surface area (Å²) in [5.74, 6) is -1.87. The number of hydrogen-bond donors (Lipinski definition) is 2. The van der Waals surface area contributed by atoms with Crippen molar-refractivity contribution in [3.8, 4) is 0 Å². The van der Waals surface area contributed by atoms with Crippen LogP contribution in [0.25, 0.3) is 11.6 Å². The topological polar surface area (TPSA) is 113 Å². The highest BCUT2D eigenvalue weighted by atomic mass is 32.2. The van der Waals surface area contributed by atoms with E-state index in [-0.39, 0.29) is 20.9 Å². The predicted molar refractivity (Wildman–Crippen MR) is 139 cm³/mol. The number of barbiturate groups is 1. The average Bonchev–Trinajstić information content (AvgIpc) is 3.06. The van der Waals surface area contributed by atoms with E-state index in [0.717, 1.165) is 44.5 Å². The summed E-state index contributed by atoms with van der Waals surface area (Å²) in [6.07, 6.45) is 5.82. The van der Waals surface area contributed by atoms with Gasteiger partial charge < -0.3 is 4.90 Å². The zero-order valence-electron chi connectivity index (χ0n) is 20.3. The third-order valence-corrected chi connectivity index (χ3v) is 8.10. The predicted octanol–water partition coefficient (Wildman–Crippen LogP) is 4.04. The molecule has 9 heteroatoms. The van der Waals surface area contributed by atoms with Gasteiger partial charge in [-0.15, -0.1) is 0 Å². The van der Waals surface area contributed by atoms with Gasteiger partial charge in [-0.1, -0.05) is 57.0 Å². The lowest BCUT2D eigenvalue weighted by atomic mass is 9.96. The molecule has 4 amide bonds. The number of carbonyl (C=O) groups is 3. The van der Waals surface area contributed by atoms with Crippen LogP contribution in [0.3, 0.4) is 0 Å². The SMILES string of the molecule is CCCCN(CCCC)c1ccc(/C=C2/C(=C3C(=O)NC(=O)NC3=O)c3ccccc3S2(=O)=O)cc1. The fourth-order valence-electron chi connectivity index (χ4n) is 4.39. The third-order valence-electron chi connectivity index (χ3n) is 6.26. The van der Waals surface area contributed by atoms with E-state index in [0.29, 0.717) is 5.56 Å². The van der Waals surface area contributed by atoms with E-state index in [9.17, 15) is 22.8 Å². The van der Waals surface area contributed by atoms with Crippen molar-refractivity contribution in [3.05, 3.63) is 70.1 Å². The summed E-state index contributed by atoms with van der Waals surface area (Å²) in [6, 6.07) is 12.8. The lowest BCUT2D eigenvalue weighted by Crippen LogP contribution is -2.51. The van der Waals surface area contributed by atoms with Crippen LogP contribution in [0, 0.1) is 0 Å². The van der Waals surface area contributed by atoms with Crippen molar-refractivity contribution in [2.24, 2.45) is 0 Å². The number of amides is 4. The smallest absolute Gasteiger partial charge is 0.328 e. The molecule has 1 fully saturated rings. The second kappa shape index (κ2) is 10.5. The Labute approximate surface area is 211 Å². The van der Waals surface area contributed by atoms with Crippen molar-refractivity contribution in [3.63, 3.8) is 0 Å². The fourth-order valence-corrected chi connectivity index (χ4v) is 6.12. The number of imide groups is 2. The van der Waals surface area contributed by atoms with E-state index in [1.807, 2.05) is 34.9 Å². The average molecular weight is 508 g/mol. The van der Waals surface area contributed by atoms with Gasteiger partial charge in [0.25, 0.3) is 11.8 Å². The molecule has 0 aromatic heterocycles. The highest BCUT2D eigenvalue weighted by Gasteiger charge is 2.42. The standard InChI is InChI=1S/C27H29N3O5S/c1-3-5-15-30(16-6-4-2)19-13-11-18(12-14-19)17-22-23(24-25(31)28-27(33)29-26(24)32)20-9-7-8-10-21(20)36(22,34)35/h7-14,17H,3-6,15-16H2,1-2H3,(H2,28,29,31,32,33)/b22-17-. The number of nitrogens with one attached hydrogen (secondary N) is 2. The van der Waals surface area contributed by atoms with Gasteiger partial charge in [0.15, 0.2) is 0 Å². The molecule has 2 heterocycles. The van der Waals surface area contributed by atoms with Gasteiger partial charge in [-0.3, -0.25) is 20.2 Å². The first kappa shape index (κ1) is 25.4. The molecule has 36 heavy (non-hydrogen) atoms. The molecule has 0 bridgehead atoms. The zero-order chi connectivity index (χ0) is 25.9. The maximum absolute atomic E-state index is 13.5. The summed E-state index contributed by atoms with van der Waals surface area (Å²) >= 11 is 0. The van der Waals surface area contributed by atoms with Crippen molar-refractivity contribution >= 4 is 45.0 Å². The van der Waals surface area contributed by atoms with E-state index in [1.54, 1.807) is 18.2 Å². The number of rotatable bonds is 8. The molecule has 0 saturated carbocycles. The largest absolute Gasteiger partial charge is 0.372 e. The summed E-state index contributed by atoms with van der Waals surface area (Å²) in [7, 11) is -4.01. The molecule has 0 unspecified atom stereocenters. The lowest BCUT2D eigenvalue weighted by Gasteiger charge is -2.24. The Morgan fingerprint density at radius 2 is 1.39 bits per heavy atom. The number of urea groups is 1. The van der Waals surface area contributed by atoms with Crippen LogP contribution in [0.15, 0.2) is 63.9 Å². The molecular formula is C27H29N3O5S. The Hall–Kier alpha value is -3.72. The zero-order valence-corrected chi connectivity index (χ0v) is 21.2. The molecule has 2 N–H and O–H groups in total. The van der Waals surface area contributed by atoms with Crippen LogP contribution in [0.1, 0.15) is 50.7 Å². The lowest BCUT2D eigenvalue weighted by molar-refractivity contribution is -0.123. The molecular weight excluding hydrogens is 478 g/mol. The second-order valence-corrected chi connectivity index (χ2v) is 10.7. The Kier molecular flexibility index (Phi) is 7.40. The first-order chi connectivity index (χ1) is 17.3. The number of allylic oxidation sites excluding steroid dienone is 1. The molecule has 2 aliphatic heterocycles. The molecule has 4 rings (SSSR count). The Balaban J connectivity index is 1.80. The maximum Gasteiger partial charge on any atom is 0.328 e. The van der Waals surface area contributed by atoms with E-state index in [2.05, 4.69) is 18.7 Å². The molecule has 0 atom stereocenters. The maximum atomic E-state index is 13.5. The summed E-state index contributed by atoms with van der Waals surface area (Å²) in [4.78, 5) is 39.0. The van der Waals surface area contributed by atoms with Crippen molar-refractivity contribution in [2.45, 2.75) is 44.4 Å². The van der Waals surface area contributed by atoms with E-state index >= 15 is 0 Å². The van der Waals surface area contributed by atoms with Gasteiger partial charge in [0.05, 0.1) is 9.80 Å². The summed E-state index contributed by atoms with van der Waals surface area (Å²) in [5, 5.41) is 4.07. The minimum Gasteiger partial charge on any atom is -0.372 e. The van der Waals surface area contributed by atoms with Gasteiger partial charge in [-0.25, -0.2) is 13.2 Å². The highest BCUT2D eigenvalue weighted by Crippen LogP contribution is 2.45. The van der Waals surface area contributed by atoms with Gasteiger partial charge in [-0.2, -0.15) is 0 Å². The Bertz CT molecular complexity index is 1340. The molecule has 188 valence electrons. The number of carbonyl (C=O) groups excluding carboxylic acids is 3. The second-order valence-electron chi connectivity index (χ2n) is 8.78. The number of nitrogens with zero attached hydrogens (tertiary/aromatic N) is 1. The number of unbranched alkanes of at least 4 members (excludes halogenated alkanes) is 2. The van der Waals surface area contributed by atoms with Crippen molar-refractivity contribution in [1.82, 2.24) is 10.6 Å².